The summed E-state index contributed by atoms with van der Waals surface area (Å²) in [7, 11) is -1.77. The topological polar surface area (TPSA) is 65.5 Å². The van der Waals surface area contributed by atoms with Gasteiger partial charge in [-0.3, -0.25) is 4.90 Å². The zero-order valence-electron chi connectivity index (χ0n) is 12.3. The van der Waals surface area contributed by atoms with Crippen molar-refractivity contribution >= 4 is 15.8 Å². The van der Waals surface area contributed by atoms with E-state index in [0.717, 1.165) is 19.5 Å². The van der Waals surface area contributed by atoms with Crippen molar-refractivity contribution in [1.29, 1.82) is 0 Å². The molecule has 1 aromatic heterocycles. The molecule has 1 aromatic rings. The van der Waals surface area contributed by atoms with Crippen LogP contribution in [0.4, 0.5) is 5.82 Å². The van der Waals surface area contributed by atoms with Crippen molar-refractivity contribution in [3.63, 3.8) is 0 Å². The van der Waals surface area contributed by atoms with Crippen LogP contribution in [-0.2, 0) is 10.0 Å². The molecule has 116 valence electrons. The average molecular weight is 310 g/mol. The van der Waals surface area contributed by atoms with E-state index in [1.54, 1.807) is 29.7 Å². The Kier molecular flexibility index (Phi) is 4.14. The monoisotopic (exact) mass is 310 g/mol. The smallest absolute Gasteiger partial charge is 0.246 e. The molecule has 0 bridgehead atoms. The Morgan fingerprint density at radius 2 is 2.05 bits per heavy atom. The highest BCUT2D eigenvalue weighted by molar-refractivity contribution is 7.89. The maximum atomic E-state index is 12.8. The first-order valence-electron chi connectivity index (χ1n) is 7.50. The lowest BCUT2D eigenvalue weighted by molar-refractivity contribution is 0.251. The quantitative estimate of drug-likeness (QED) is 0.898. The SMILES string of the molecule is CNc1ncccc1S(=O)(=O)N1CCC(N2CCCC2)C1. The predicted molar refractivity (Wildman–Crippen MR) is 81.8 cm³/mol. The third-order valence-corrected chi connectivity index (χ3v) is 6.31. The molecule has 2 fully saturated rings. The molecule has 0 saturated carbocycles. The maximum Gasteiger partial charge on any atom is 0.246 e. The summed E-state index contributed by atoms with van der Waals surface area (Å²) in [4.78, 5) is 6.81. The molecule has 0 radical (unpaired) electrons. The van der Waals surface area contributed by atoms with Gasteiger partial charge in [-0.2, -0.15) is 4.31 Å². The molecule has 7 heteroatoms. The van der Waals surface area contributed by atoms with Gasteiger partial charge in [-0.15, -0.1) is 0 Å². The van der Waals surface area contributed by atoms with Crippen LogP contribution in [0.3, 0.4) is 0 Å². The summed E-state index contributed by atoms with van der Waals surface area (Å²) in [6, 6.07) is 3.66. The third-order valence-electron chi connectivity index (χ3n) is 4.41. The zero-order chi connectivity index (χ0) is 14.9. The zero-order valence-corrected chi connectivity index (χ0v) is 13.1. The average Bonchev–Trinajstić information content (AvgIpc) is 3.17. The lowest BCUT2D eigenvalue weighted by atomic mass is 10.2. The van der Waals surface area contributed by atoms with Crippen LogP contribution in [-0.4, -0.2) is 61.9 Å². The predicted octanol–water partition coefficient (Wildman–Crippen LogP) is 0.982. The van der Waals surface area contributed by atoms with Crippen LogP contribution < -0.4 is 5.32 Å². The second kappa shape index (κ2) is 5.90. The molecule has 0 spiro atoms. The highest BCUT2D eigenvalue weighted by atomic mass is 32.2. The molecule has 1 N–H and O–H groups in total. The van der Waals surface area contributed by atoms with Gasteiger partial charge in [0.1, 0.15) is 10.7 Å². The van der Waals surface area contributed by atoms with Crippen molar-refractivity contribution in [2.45, 2.75) is 30.2 Å². The van der Waals surface area contributed by atoms with E-state index in [1.807, 2.05) is 0 Å². The molecule has 3 heterocycles. The Bertz CT molecular complexity index is 599. The fourth-order valence-corrected chi connectivity index (χ4v) is 4.90. The van der Waals surface area contributed by atoms with Crippen molar-refractivity contribution in [3.8, 4) is 0 Å². The van der Waals surface area contributed by atoms with E-state index in [1.165, 1.54) is 12.8 Å². The number of hydrogen-bond donors (Lipinski definition) is 1. The molecule has 2 aliphatic heterocycles. The second-order valence-electron chi connectivity index (χ2n) is 5.65. The molecule has 1 atom stereocenters. The standard InChI is InChI=1S/C14H22N4O2S/c1-15-14-13(5-4-7-16-14)21(19,20)18-10-6-12(11-18)17-8-2-3-9-17/h4-5,7,12H,2-3,6,8-11H2,1H3,(H,15,16). The van der Waals surface area contributed by atoms with E-state index >= 15 is 0 Å². The van der Waals surface area contributed by atoms with Crippen LogP contribution in [0.25, 0.3) is 0 Å². The minimum absolute atomic E-state index is 0.273. The van der Waals surface area contributed by atoms with Gasteiger partial charge in [0.05, 0.1) is 0 Å². The molecule has 21 heavy (non-hydrogen) atoms. The van der Waals surface area contributed by atoms with E-state index in [4.69, 9.17) is 0 Å². The number of hydrogen-bond acceptors (Lipinski definition) is 5. The minimum atomic E-state index is -3.46. The van der Waals surface area contributed by atoms with E-state index in [9.17, 15) is 8.42 Å². The Morgan fingerprint density at radius 3 is 2.76 bits per heavy atom. The van der Waals surface area contributed by atoms with Gasteiger partial charge in [-0.05, 0) is 44.5 Å². The molecule has 2 aliphatic rings. The highest BCUT2D eigenvalue weighted by Crippen LogP contribution is 2.28. The summed E-state index contributed by atoms with van der Waals surface area (Å²) in [5, 5.41) is 2.86. The first-order chi connectivity index (χ1) is 10.1. The number of anilines is 1. The Balaban J connectivity index is 1.79. The van der Waals surface area contributed by atoms with Crippen LogP contribution in [0.5, 0.6) is 0 Å². The summed E-state index contributed by atoms with van der Waals surface area (Å²) in [5.74, 6) is 0.419. The van der Waals surface area contributed by atoms with E-state index in [2.05, 4.69) is 15.2 Å². The van der Waals surface area contributed by atoms with Crippen LogP contribution in [0.15, 0.2) is 23.2 Å². The Labute approximate surface area is 126 Å². The number of aromatic nitrogens is 1. The largest absolute Gasteiger partial charge is 0.372 e. The molecule has 6 nitrogen and oxygen atoms in total. The maximum absolute atomic E-state index is 12.8. The van der Waals surface area contributed by atoms with Crippen LogP contribution in [0.2, 0.25) is 0 Å². The van der Waals surface area contributed by atoms with E-state index in [0.29, 0.717) is 24.9 Å². The van der Waals surface area contributed by atoms with Crippen molar-refractivity contribution in [3.05, 3.63) is 18.3 Å². The van der Waals surface area contributed by atoms with Crippen LogP contribution >= 0.6 is 0 Å². The summed E-state index contributed by atoms with van der Waals surface area (Å²) in [6.45, 7) is 3.41. The lowest BCUT2D eigenvalue weighted by Gasteiger charge is -2.23. The fraction of sp³-hybridized carbons (Fsp3) is 0.643. The number of likely N-dealkylation sites (tertiary alicyclic amines) is 1. The van der Waals surface area contributed by atoms with Gasteiger partial charge in [0.15, 0.2) is 0 Å². The van der Waals surface area contributed by atoms with Crippen LogP contribution in [0.1, 0.15) is 19.3 Å². The molecule has 2 saturated heterocycles. The Hall–Kier alpha value is -1.18. The highest BCUT2D eigenvalue weighted by Gasteiger charge is 2.36. The third kappa shape index (κ3) is 2.77. The second-order valence-corrected chi connectivity index (χ2v) is 7.56. The van der Waals surface area contributed by atoms with E-state index in [-0.39, 0.29) is 4.90 Å². The molecular formula is C14H22N4O2S. The van der Waals surface area contributed by atoms with Crippen molar-refractivity contribution in [1.82, 2.24) is 14.2 Å². The van der Waals surface area contributed by atoms with Gasteiger partial charge in [-0.25, -0.2) is 13.4 Å². The number of rotatable bonds is 4. The van der Waals surface area contributed by atoms with Crippen LogP contribution in [0, 0.1) is 0 Å². The van der Waals surface area contributed by atoms with Crippen molar-refractivity contribution in [2.75, 3.05) is 38.5 Å². The van der Waals surface area contributed by atoms with Gasteiger partial charge in [0.25, 0.3) is 0 Å². The first kappa shape index (κ1) is 14.7. The Morgan fingerprint density at radius 1 is 1.29 bits per heavy atom. The number of pyridine rings is 1. The number of sulfonamides is 1. The molecule has 0 aliphatic carbocycles. The summed E-state index contributed by atoms with van der Waals surface area (Å²) >= 11 is 0. The van der Waals surface area contributed by atoms with Gasteiger partial charge in [0, 0.05) is 32.4 Å². The summed E-state index contributed by atoms with van der Waals surface area (Å²) < 4.78 is 27.2. The normalized spacial score (nSPS) is 24.5. The molecule has 1 unspecified atom stereocenters. The van der Waals surface area contributed by atoms with E-state index < -0.39 is 10.0 Å². The van der Waals surface area contributed by atoms with Crippen molar-refractivity contribution in [2.24, 2.45) is 0 Å². The minimum Gasteiger partial charge on any atom is -0.372 e. The fourth-order valence-electron chi connectivity index (χ4n) is 3.26. The molecular weight excluding hydrogens is 288 g/mol. The molecule has 3 rings (SSSR count). The first-order valence-corrected chi connectivity index (χ1v) is 8.94. The van der Waals surface area contributed by atoms with Crippen molar-refractivity contribution < 1.29 is 8.42 Å². The van der Waals surface area contributed by atoms with Gasteiger partial charge >= 0.3 is 0 Å². The molecule has 0 aromatic carbocycles. The summed E-state index contributed by atoms with van der Waals surface area (Å²) in [5.41, 5.74) is 0. The van der Waals surface area contributed by atoms with Gasteiger partial charge < -0.3 is 5.32 Å². The number of nitrogens with one attached hydrogen (secondary N) is 1. The summed E-state index contributed by atoms with van der Waals surface area (Å²) in [6.07, 6.45) is 4.99. The molecule has 0 amide bonds. The number of nitrogens with zero attached hydrogens (tertiary/aromatic N) is 3. The van der Waals surface area contributed by atoms with Gasteiger partial charge in [0.2, 0.25) is 10.0 Å². The van der Waals surface area contributed by atoms with Gasteiger partial charge in [-0.1, -0.05) is 0 Å². The lowest BCUT2D eigenvalue weighted by Crippen LogP contribution is -2.37.